The zero-order valence-corrected chi connectivity index (χ0v) is 13.7. The maximum atomic E-state index is 5.98. The number of fused-ring (bicyclic) bond motifs is 2. The van der Waals surface area contributed by atoms with Crippen molar-refractivity contribution in [2.75, 3.05) is 13.2 Å². The number of rotatable bonds is 5. The van der Waals surface area contributed by atoms with Crippen molar-refractivity contribution in [1.82, 2.24) is 5.32 Å². The zero-order valence-electron chi connectivity index (χ0n) is 13.7. The van der Waals surface area contributed by atoms with Gasteiger partial charge in [-0.25, -0.2) is 0 Å². The van der Waals surface area contributed by atoms with Crippen molar-refractivity contribution in [3.05, 3.63) is 59.9 Å². The smallest absolute Gasteiger partial charge is 0.161 e. The predicted molar refractivity (Wildman–Crippen MR) is 93.7 cm³/mol. The van der Waals surface area contributed by atoms with E-state index in [1.807, 2.05) is 36.4 Å². The molecule has 1 aromatic heterocycles. The molecular formula is C20H21NO3. The Kier molecular flexibility index (Phi) is 4.13. The Labute approximate surface area is 141 Å². The highest BCUT2D eigenvalue weighted by atomic mass is 16.6. The predicted octanol–water partition coefficient (Wildman–Crippen LogP) is 3.92. The standard InChI is InChI=1S/C20H21NO3/c1-2-17-16(15-7-3-4-8-18(15)24-17)12-21-11-14-13-22-19-9-5-6-10-20(19)23-14/h3-10,14,21H,2,11-13H2,1H3. The third kappa shape index (κ3) is 2.85. The van der Waals surface area contributed by atoms with Crippen molar-refractivity contribution in [3.8, 4) is 11.5 Å². The average Bonchev–Trinajstić information content (AvgIpc) is 2.99. The van der Waals surface area contributed by atoms with Crippen LogP contribution in [-0.4, -0.2) is 19.3 Å². The number of aryl methyl sites for hydroxylation is 1. The minimum absolute atomic E-state index is 0.0168. The van der Waals surface area contributed by atoms with Crippen molar-refractivity contribution < 1.29 is 13.9 Å². The third-order valence-electron chi connectivity index (χ3n) is 4.34. The summed E-state index contributed by atoms with van der Waals surface area (Å²) in [6.07, 6.45) is 0.908. The Bertz CT molecular complexity index is 840. The SMILES string of the molecule is CCc1oc2ccccc2c1CNCC1COc2ccccc2O1. The Balaban J connectivity index is 1.42. The Morgan fingerprint density at radius 3 is 2.71 bits per heavy atom. The summed E-state index contributed by atoms with van der Waals surface area (Å²) in [5.41, 5.74) is 2.20. The molecular weight excluding hydrogens is 302 g/mol. The lowest BCUT2D eigenvalue weighted by Crippen LogP contribution is -2.38. The second-order valence-electron chi connectivity index (χ2n) is 5.98. The highest BCUT2D eigenvalue weighted by Crippen LogP contribution is 2.31. The van der Waals surface area contributed by atoms with Crippen LogP contribution >= 0.6 is 0 Å². The van der Waals surface area contributed by atoms with Gasteiger partial charge in [0.25, 0.3) is 0 Å². The molecule has 0 fully saturated rings. The van der Waals surface area contributed by atoms with Crippen LogP contribution in [-0.2, 0) is 13.0 Å². The minimum atomic E-state index is 0.0168. The topological polar surface area (TPSA) is 43.6 Å². The maximum absolute atomic E-state index is 5.98. The van der Waals surface area contributed by atoms with Gasteiger partial charge in [0.1, 0.15) is 24.1 Å². The van der Waals surface area contributed by atoms with Crippen LogP contribution in [0.25, 0.3) is 11.0 Å². The molecule has 0 amide bonds. The molecule has 1 unspecified atom stereocenters. The number of benzene rings is 2. The van der Waals surface area contributed by atoms with E-state index in [4.69, 9.17) is 13.9 Å². The van der Waals surface area contributed by atoms with E-state index in [1.54, 1.807) is 0 Å². The summed E-state index contributed by atoms with van der Waals surface area (Å²) >= 11 is 0. The summed E-state index contributed by atoms with van der Waals surface area (Å²) in [6, 6.07) is 16.0. The summed E-state index contributed by atoms with van der Waals surface area (Å²) < 4.78 is 17.7. The fourth-order valence-electron chi connectivity index (χ4n) is 3.15. The lowest BCUT2D eigenvalue weighted by Gasteiger charge is -2.26. The van der Waals surface area contributed by atoms with Crippen molar-refractivity contribution in [3.63, 3.8) is 0 Å². The molecule has 0 radical (unpaired) electrons. The Hall–Kier alpha value is -2.46. The maximum Gasteiger partial charge on any atom is 0.161 e. The van der Waals surface area contributed by atoms with Gasteiger partial charge >= 0.3 is 0 Å². The number of para-hydroxylation sites is 3. The molecule has 24 heavy (non-hydrogen) atoms. The van der Waals surface area contributed by atoms with Crippen molar-refractivity contribution in [2.45, 2.75) is 26.0 Å². The molecule has 0 bridgehead atoms. The summed E-state index contributed by atoms with van der Waals surface area (Å²) in [5, 5.41) is 4.68. The molecule has 0 saturated carbocycles. The van der Waals surface area contributed by atoms with E-state index >= 15 is 0 Å². The van der Waals surface area contributed by atoms with Gasteiger partial charge in [0.15, 0.2) is 11.5 Å². The number of hydrogen-bond acceptors (Lipinski definition) is 4. The van der Waals surface area contributed by atoms with Crippen LogP contribution in [0.3, 0.4) is 0 Å². The molecule has 1 N–H and O–H groups in total. The second kappa shape index (κ2) is 6.57. The highest BCUT2D eigenvalue weighted by Gasteiger charge is 2.20. The summed E-state index contributed by atoms with van der Waals surface area (Å²) in [7, 11) is 0. The van der Waals surface area contributed by atoms with Crippen molar-refractivity contribution in [1.29, 1.82) is 0 Å². The first-order chi connectivity index (χ1) is 11.8. The average molecular weight is 323 g/mol. The van der Waals surface area contributed by atoms with Crippen molar-refractivity contribution in [2.24, 2.45) is 0 Å². The van der Waals surface area contributed by atoms with E-state index in [0.717, 1.165) is 42.4 Å². The van der Waals surface area contributed by atoms with Gasteiger partial charge in [-0.05, 0) is 18.2 Å². The number of nitrogens with one attached hydrogen (secondary N) is 1. The van der Waals surface area contributed by atoms with Gasteiger partial charge < -0.3 is 19.2 Å². The monoisotopic (exact) mass is 323 g/mol. The Morgan fingerprint density at radius 2 is 1.83 bits per heavy atom. The molecule has 0 aliphatic carbocycles. The lowest BCUT2D eigenvalue weighted by molar-refractivity contribution is 0.0902. The number of hydrogen-bond donors (Lipinski definition) is 1. The van der Waals surface area contributed by atoms with E-state index in [9.17, 15) is 0 Å². The summed E-state index contributed by atoms with van der Waals surface area (Å²) in [5.74, 6) is 2.69. The molecule has 4 heteroatoms. The first-order valence-corrected chi connectivity index (χ1v) is 8.43. The van der Waals surface area contributed by atoms with Crippen molar-refractivity contribution >= 4 is 11.0 Å². The Morgan fingerprint density at radius 1 is 1.04 bits per heavy atom. The molecule has 4 nitrogen and oxygen atoms in total. The largest absolute Gasteiger partial charge is 0.486 e. The lowest BCUT2D eigenvalue weighted by atomic mass is 10.1. The van der Waals surface area contributed by atoms with Crippen LogP contribution in [0.4, 0.5) is 0 Å². The third-order valence-corrected chi connectivity index (χ3v) is 4.34. The highest BCUT2D eigenvalue weighted by molar-refractivity contribution is 5.82. The molecule has 0 saturated heterocycles. The molecule has 2 aromatic carbocycles. The normalized spacial score (nSPS) is 16.5. The first-order valence-electron chi connectivity index (χ1n) is 8.43. The second-order valence-corrected chi connectivity index (χ2v) is 5.98. The van der Waals surface area contributed by atoms with Gasteiger partial charge in [-0.2, -0.15) is 0 Å². The van der Waals surface area contributed by atoms with Gasteiger partial charge in [0.2, 0.25) is 0 Å². The van der Waals surface area contributed by atoms with Gasteiger partial charge in [-0.1, -0.05) is 37.3 Å². The molecule has 1 aliphatic heterocycles. The fourth-order valence-corrected chi connectivity index (χ4v) is 3.15. The first kappa shape index (κ1) is 15.1. The van der Waals surface area contributed by atoms with E-state index < -0.39 is 0 Å². The molecule has 4 rings (SSSR count). The van der Waals surface area contributed by atoms with Crippen LogP contribution in [0.1, 0.15) is 18.2 Å². The molecule has 2 heterocycles. The molecule has 124 valence electrons. The van der Waals surface area contributed by atoms with E-state index in [1.165, 1.54) is 10.9 Å². The molecule has 1 aliphatic rings. The quantitative estimate of drug-likeness (QED) is 0.773. The van der Waals surface area contributed by atoms with Crippen LogP contribution < -0.4 is 14.8 Å². The van der Waals surface area contributed by atoms with Gasteiger partial charge in [0, 0.05) is 30.5 Å². The van der Waals surface area contributed by atoms with Crippen LogP contribution in [0.5, 0.6) is 11.5 Å². The van der Waals surface area contributed by atoms with E-state index in [0.29, 0.717) is 6.61 Å². The molecule has 0 spiro atoms. The van der Waals surface area contributed by atoms with Gasteiger partial charge in [0.05, 0.1) is 0 Å². The summed E-state index contributed by atoms with van der Waals surface area (Å²) in [4.78, 5) is 0. The number of furan rings is 1. The molecule has 1 atom stereocenters. The fraction of sp³-hybridized carbons (Fsp3) is 0.300. The van der Waals surface area contributed by atoms with Gasteiger partial charge in [-0.15, -0.1) is 0 Å². The zero-order chi connectivity index (χ0) is 16.4. The van der Waals surface area contributed by atoms with Crippen LogP contribution in [0.15, 0.2) is 52.9 Å². The van der Waals surface area contributed by atoms with E-state index in [-0.39, 0.29) is 6.10 Å². The van der Waals surface area contributed by atoms with Crippen LogP contribution in [0, 0.1) is 0 Å². The minimum Gasteiger partial charge on any atom is -0.486 e. The van der Waals surface area contributed by atoms with E-state index in [2.05, 4.69) is 24.4 Å². The molecule has 3 aromatic rings. The van der Waals surface area contributed by atoms with Crippen LogP contribution in [0.2, 0.25) is 0 Å². The number of ether oxygens (including phenoxy) is 2. The van der Waals surface area contributed by atoms with Gasteiger partial charge in [-0.3, -0.25) is 0 Å². The summed E-state index contributed by atoms with van der Waals surface area (Å²) in [6.45, 7) is 4.19.